The lowest BCUT2D eigenvalue weighted by molar-refractivity contribution is -0.126. The summed E-state index contributed by atoms with van der Waals surface area (Å²) in [6, 6.07) is 7.99. The van der Waals surface area contributed by atoms with Crippen molar-refractivity contribution in [2.75, 3.05) is 37.7 Å². The number of hydrogen-bond donors (Lipinski definition) is 2. The summed E-state index contributed by atoms with van der Waals surface area (Å²) in [5.41, 5.74) is 7.42. The number of nitrogens with one attached hydrogen (secondary N) is 1. The molecule has 2 heterocycles. The van der Waals surface area contributed by atoms with Gasteiger partial charge in [-0.15, -0.1) is 23.5 Å². The maximum atomic E-state index is 12.8. The minimum absolute atomic E-state index is 0.00795. The third-order valence-electron chi connectivity index (χ3n) is 4.57. The van der Waals surface area contributed by atoms with Crippen LogP contribution in [0.3, 0.4) is 0 Å². The highest BCUT2D eigenvalue weighted by Gasteiger charge is 2.29. The quantitative estimate of drug-likeness (QED) is 0.819. The average molecular weight is 380 g/mol. The van der Waals surface area contributed by atoms with Gasteiger partial charge in [-0.1, -0.05) is 12.1 Å². The molecule has 2 amide bonds. The first-order valence-electron chi connectivity index (χ1n) is 8.79. The maximum Gasteiger partial charge on any atom is 0.253 e. The number of likely N-dealkylation sites (tertiary alicyclic amines) is 1. The first-order valence-corrected chi connectivity index (χ1v) is 10.9. The molecule has 25 heavy (non-hydrogen) atoms. The van der Waals surface area contributed by atoms with Gasteiger partial charge in [0.15, 0.2) is 0 Å². The molecule has 1 aromatic carbocycles. The smallest absolute Gasteiger partial charge is 0.253 e. The zero-order valence-corrected chi connectivity index (χ0v) is 15.9. The van der Waals surface area contributed by atoms with Crippen LogP contribution in [0.1, 0.15) is 33.3 Å². The Morgan fingerprint density at radius 3 is 2.60 bits per heavy atom. The fraction of sp³-hybridized carbons (Fsp3) is 0.556. The van der Waals surface area contributed by atoms with E-state index in [2.05, 4.69) is 17.4 Å². The van der Waals surface area contributed by atoms with Crippen LogP contribution in [0, 0.1) is 5.92 Å². The van der Waals surface area contributed by atoms with E-state index in [0.717, 1.165) is 19.4 Å². The Hall–Kier alpha value is -1.18. The third-order valence-corrected chi connectivity index (χ3v) is 7.68. The summed E-state index contributed by atoms with van der Waals surface area (Å²) in [5, 5.41) is 2.83. The maximum absolute atomic E-state index is 12.8. The molecule has 0 aromatic heterocycles. The molecule has 2 saturated heterocycles. The van der Waals surface area contributed by atoms with Crippen molar-refractivity contribution in [3.05, 3.63) is 35.4 Å². The average Bonchev–Trinajstić information content (AvgIpc) is 3.20. The van der Waals surface area contributed by atoms with Crippen LogP contribution < -0.4 is 11.1 Å². The van der Waals surface area contributed by atoms with E-state index < -0.39 is 0 Å². The summed E-state index contributed by atoms with van der Waals surface area (Å²) in [6.07, 6.45) is 1.69. The Morgan fingerprint density at radius 2 is 1.92 bits per heavy atom. The molecule has 3 rings (SSSR count). The molecule has 1 unspecified atom stereocenters. The van der Waals surface area contributed by atoms with Gasteiger partial charge in [0, 0.05) is 43.2 Å². The second kappa shape index (κ2) is 8.96. The van der Waals surface area contributed by atoms with Crippen LogP contribution in [0.2, 0.25) is 0 Å². The lowest BCUT2D eigenvalue weighted by atomic mass is 9.96. The van der Waals surface area contributed by atoms with E-state index in [-0.39, 0.29) is 17.7 Å². The van der Waals surface area contributed by atoms with Crippen molar-refractivity contribution >= 4 is 35.3 Å². The molecule has 3 N–H and O–H groups in total. The Kier molecular flexibility index (Phi) is 6.67. The standard InChI is InChI=1S/C18H25N3O2S2/c19-7-8-20-16(22)15-2-1-9-21(12-15)17(23)13-3-5-14(6-4-13)18-24-10-11-25-18/h3-6,15,18H,1-2,7-12,19H2,(H,20,22). The van der Waals surface area contributed by atoms with Crippen molar-refractivity contribution in [2.45, 2.75) is 17.4 Å². The fourth-order valence-corrected chi connectivity index (χ4v) is 6.09. The predicted molar refractivity (Wildman–Crippen MR) is 105 cm³/mol. The van der Waals surface area contributed by atoms with Gasteiger partial charge in [0.05, 0.1) is 10.5 Å². The van der Waals surface area contributed by atoms with Gasteiger partial charge in [0.1, 0.15) is 0 Å². The number of piperidine rings is 1. The Balaban J connectivity index is 1.60. The summed E-state index contributed by atoms with van der Waals surface area (Å²) >= 11 is 3.92. The predicted octanol–water partition coefficient (Wildman–Crippen LogP) is 2.09. The lowest BCUT2D eigenvalue weighted by Gasteiger charge is -2.32. The van der Waals surface area contributed by atoms with Crippen LogP contribution in [-0.4, -0.2) is 54.4 Å². The highest BCUT2D eigenvalue weighted by atomic mass is 32.2. The molecule has 0 saturated carbocycles. The summed E-state index contributed by atoms with van der Waals surface area (Å²) in [6.45, 7) is 2.13. The van der Waals surface area contributed by atoms with Crippen molar-refractivity contribution in [2.24, 2.45) is 11.7 Å². The van der Waals surface area contributed by atoms with Gasteiger partial charge in [-0.05, 0) is 30.5 Å². The van der Waals surface area contributed by atoms with Crippen LogP contribution in [0.4, 0.5) is 0 Å². The molecular formula is C18H25N3O2S2. The topological polar surface area (TPSA) is 75.4 Å². The van der Waals surface area contributed by atoms with Gasteiger partial charge >= 0.3 is 0 Å². The van der Waals surface area contributed by atoms with E-state index in [1.165, 1.54) is 17.1 Å². The van der Waals surface area contributed by atoms with E-state index in [1.807, 2.05) is 40.6 Å². The van der Waals surface area contributed by atoms with E-state index >= 15 is 0 Å². The molecule has 2 aliphatic heterocycles. The highest BCUT2D eigenvalue weighted by molar-refractivity contribution is 8.19. The second-order valence-corrected chi connectivity index (χ2v) is 9.09. The van der Waals surface area contributed by atoms with Crippen molar-refractivity contribution in [3.8, 4) is 0 Å². The Bertz CT molecular complexity index is 603. The second-order valence-electron chi connectivity index (χ2n) is 6.37. The van der Waals surface area contributed by atoms with Crippen LogP contribution in [-0.2, 0) is 4.79 Å². The molecule has 2 aliphatic rings. The summed E-state index contributed by atoms with van der Waals surface area (Å²) in [7, 11) is 0. The number of nitrogens with two attached hydrogens (primary N) is 1. The first-order chi connectivity index (χ1) is 12.2. The number of hydrogen-bond acceptors (Lipinski definition) is 5. The molecule has 2 fully saturated rings. The number of amides is 2. The number of carbonyl (C=O) groups is 2. The van der Waals surface area contributed by atoms with Crippen molar-refractivity contribution in [1.82, 2.24) is 10.2 Å². The molecule has 0 radical (unpaired) electrons. The SMILES string of the molecule is NCCNC(=O)C1CCCN(C(=O)c2ccc(C3SCCS3)cc2)C1. The molecule has 0 spiro atoms. The Labute approximate surface area is 157 Å². The molecule has 0 aliphatic carbocycles. The molecule has 136 valence electrons. The molecule has 1 atom stereocenters. The van der Waals surface area contributed by atoms with Crippen LogP contribution in [0.25, 0.3) is 0 Å². The fourth-order valence-electron chi connectivity index (χ4n) is 3.23. The van der Waals surface area contributed by atoms with Gasteiger partial charge in [0.2, 0.25) is 5.91 Å². The van der Waals surface area contributed by atoms with E-state index in [1.54, 1.807) is 0 Å². The van der Waals surface area contributed by atoms with Crippen LogP contribution >= 0.6 is 23.5 Å². The number of carbonyl (C=O) groups excluding carboxylic acids is 2. The van der Waals surface area contributed by atoms with Crippen LogP contribution in [0.15, 0.2) is 24.3 Å². The highest BCUT2D eigenvalue weighted by Crippen LogP contribution is 2.45. The number of thioether (sulfide) groups is 2. The van der Waals surface area contributed by atoms with Gasteiger partial charge in [-0.3, -0.25) is 9.59 Å². The zero-order valence-electron chi connectivity index (χ0n) is 14.3. The summed E-state index contributed by atoms with van der Waals surface area (Å²) in [5.74, 6) is 2.28. The van der Waals surface area contributed by atoms with Gasteiger partial charge < -0.3 is 16.0 Å². The first kappa shape index (κ1) is 18.6. The van der Waals surface area contributed by atoms with E-state index in [9.17, 15) is 9.59 Å². The molecular weight excluding hydrogens is 354 g/mol. The monoisotopic (exact) mass is 379 g/mol. The van der Waals surface area contributed by atoms with E-state index in [4.69, 9.17) is 5.73 Å². The minimum atomic E-state index is -0.130. The number of rotatable bonds is 5. The number of benzene rings is 1. The lowest BCUT2D eigenvalue weighted by Crippen LogP contribution is -2.46. The van der Waals surface area contributed by atoms with Crippen LogP contribution in [0.5, 0.6) is 0 Å². The summed E-state index contributed by atoms with van der Waals surface area (Å²) < 4.78 is 0.495. The molecule has 0 bridgehead atoms. The van der Waals surface area contributed by atoms with Crippen molar-refractivity contribution < 1.29 is 9.59 Å². The Morgan fingerprint density at radius 1 is 1.20 bits per heavy atom. The third kappa shape index (κ3) is 4.71. The molecule has 1 aromatic rings. The van der Waals surface area contributed by atoms with E-state index in [0.29, 0.717) is 29.8 Å². The van der Waals surface area contributed by atoms with Gasteiger partial charge in [-0.2, -0.15) is 0 Å². The van der Waals surface area contributed by atoms with Gasteiger partial charge in [-0.25, -0.2) is 0 Å². The largest absolute Gasteiger partial charge is 0.355 e. The zero-order chi connectivity index (χ0) is 17.6. The molecule has 7 heteroatoms. The van der Waals surface area contributed by atoms with Gasteiger partial charge in [0.25, 0.3) is 5.91 Å². The summed E-state index contributed by atoms with van der Waals surface area (Å²) in [4.78, 5) is 26.7. The normalized spacial score (nSPS) is 21.3. The number of nitrogens with zero attached hydrogens (tertiary/aromatic N) is 1. The van der Waals surface area contributed by atoms with Crippen molar-refractivity contribution in [1.29, 1.82) is 0 Å². The molecule has 5 nitrogen and oxygen atoms in total. The van der Waals surface area contributed by atoms with Crippen molar-refractivity contribution in [3.63, 3.8) is 0 Å². The minimum Gasteiger partial charge on any atom is -0.355 e.